The summed E-state index contributed by atoms with van der Waals surface area (Å²) >= 11 is 3.41. The summed E-state index contributed by atoms with van der Waals surface area (Å²) in [5, 5.41) is 8.51. The van der Waals surface area contributed by atoms with Gasteiger partial charge >= 0.3 is 0 Å². The van der Waals surface area contributed by atoms with Crippen molar-refractivity contribution in [3.05, 3.63) is 28.2 Å². The predicted octanol–water partition coefficient (Wildman–Crippen LogP) is 2.10. The Morgan fingerprint density at radius 1 is 1.53 bits per heavy atom. The van der Waals surface area contributed by atoms with Crippen LogP contribution in [0.5, 0.6) is 0 Å². The topological polar surface area (TPSA) is 70.1 Å². The van der Waals surface area contributed by atoms with Crippen molar-refractivity contribution in [1.29, 1.82) is 5.26 Å². The molecular weight excluding hydrogens is 282 g/mol. The zero-order chi connectivity index (χ0) is 12.4. The molecule has 4 nitrogen and oxygen atoms in total. The Morgan fingerprint density at radius 3 is 3.00 bits per heavy atom. The number of nitrogens with zero attached hydrogens (tertiary/aromatic N) is 2. The third-order valence-corrected chi connectivity index (χ3v) is 3.53. The van der Waals surface area contributed by atoms with Gasteiger partial charge in [0.2, 0.25) is 5.91 Å². The van der Waals surface area contributed by atoms with E-state index in [-0.39, 0.29) is 5.91 Å². The number of halogens is 1. The van der Waals surface area contributed by atoms with Gasteiger partial charge in [0.25, 0.3) is 0 Å². The molecule has 0 aromatic heterocycles. The number of fused-ring (bicyclic) bond motifs is 1. The van der Waals surface area contributed by atoms with Crippen molar-refractivity contribution in [1.82, 2.24) is 0 Å². The van der Waals surface area contributed by atoms with Gasteiger partial charge in [0.15, 0.2) is 0 Å². The second kappa shape index (κ2) is 4.86. The molecule has 1 unspecified atom stereocenters. The Balaban J connectivity index is 2.29. The molecule has 2 N–H and O–H groups in total. The van der Waals surface area contributed by atoms with Gasteiger partial charge in [0.1, 0.15) is 6.04 Å². The van der Waals surface area contributed by atoms with Gasteiger partial charge in [-0.15, -0.1) is 0 Å². The molecule has 1 atom stereocenters. The van der Waals surface area contributed by atoms with Gasteiger partial charge in [-0.1, -0.05) is 22.0 Å². The van der Waals surface area contributed by atoms with Crippen molar-refractivity contribution in [2.45, 2.75) is 18.9 Å². The molecule has 0 fully saturated rings. The minimum absolute atomic E-state index is 0.0927. The first-order chi connectivity index (χ1) is 8.16. The van der Waals surface area contributed by atoms with Crippen LogP contribution in [0.25, 0.3) is 0 Å². The smallest absolute Gasteiger partial charge is 0.248 e. The molecule has 17 heavy (non-hydrogen) atoms. The average molecular weight is 294 g/mol. The molecule has 1 heterocycles. The van der Waals surface area contributed by atoms with Crippen molar-refractivity contribution in [3.8, 4) is 6.07 Å². The van der Waals surface area contributed by atoms with E-state index in [0.717, 1.165) is 15.7 Å². The fourth-order valence-corrected chi connectivity index (χ4v) is 2.63. The molecule has 0 saturated heterocycles. The number of benzene rings is 1. The predicted molar refractivity (Wildman–Crippen MR) is 68.3 cm³/mol. The van der Waals surface area contributed by atoms with Gasteiger partial charge < -0.3 is 10.6 Å². The van der Waals surface area contributed by atoms with Crippen LogP contribution in [0.3, 0.4) is 0 Å². The number of hydrogen-bond acceptors (Lipinski definition) is 3. The van der Waals surface area contributed by atoms with E-state index in [1.807, 2.05) is 18.2 Å². The van der Waals surface area contributed by atoms with Crippen molar-refractivity contribution in [3.63, 3.8) is 0 Å². The fraction of sp³-hybridized carbons (Fsp3) is 0.333. The second-order valence-corrected chi connectivity index (χ2v) is 4.76. The molecule has 0 saturated carbocycles. The van der Waals surface area contributed by atoms with E-state index in [2.05, 4.69) is 22.0 Å². The number of anilines is 1. The van der Waals surface area contributed by atoms with E-state index >= 15 is 0 Å². The normalized spacial score (nSPS) is 18.1. The highest BCUT2D eigenvalue weighted by Crippen LogP contribution is 2.39. The third-order valence-electron chi connectivity index (χ3n) is 2.83. The average Bonchev–Trinajstić information content (AvgIpc) is 2.55. The lowest BCUT2D eigenvalue weighted by molar-refractivity contribution is -0.119. The minimum atomic E-state index is -0.595. The number of rotatable bonds is 3. The van der Waals surface area contributed by atoms with E-state index in [9.17, 15) is 4.79 Å². The first kappa shape index (κ1) is 12.1. The van der Waals surface area contributed by atoms with Gasteiger partial charge in [-0.2, -0.15) is 5.26 Å². The summed E-state index contributed by atoms with van der Waals surface area (Å²) in [6, 6.07) is 7.13. The van der Waals surface area contributed by atoms with Crippen LogP contribution in [0.15, 0.2) is 22.7 Å². The van der Waals surface area contributed by atoms with Gasteiger partial charge in [-0.3, -0.25) is 4.79 Å². The van der Waals surface area contributed by atoms with E-state index in [4.69, 9.17) is 11.0 Å². The standard InChI is InChI=1S/C12H12BrN3O/c13-8-4-3-5-9-10(8)11(15)12(17)16(9)7-2-1-6-14/h3-5,11H,1-2,7,15H2. The van der Waals surface area contributed by atoms with Crippen LogP contribution in [0, 0.1) is 11.3 Å². The maximum absolute atomic E-state index is 12.0. The Bertz CT molecular complexity index is 495. The SMILES string of the molecule is N#CCCCN1C(=O)C(N)c2c(Br)cccc21. The molecule has 0 aliphatic carbocycles. The summed E-state index contributed by atoms with van der Waals surface area (Å²) in [4.78, 5) is 13.7. The van der Waals surface area contributed by atoms with Crippen molar-refractivity contribution >= 4 is 27.5 Å². The van der Waals surface area contributed by atoms with Gasteiger partial charge in [0, 0.05) is 23.0 Å². The number of unbranched alkanes of at least 4 members (excludes halogenated alkanes) is 1. The van der Waals surface area contributed by atoms with Crippen LogP contribution >= 0.6 is 15.9 Å². The maximum Gasteiger partial charge on any atom is 0.248 e. The van der Waals surface area contributed by atoms with Crippen LogP contribution in [0.4, 0.5) is 5.69 Å². The van der Waals surface area contributed by atoms with Gasteiger partial charge in [-0.05, 0) is 18.6 Å². The van der Waals surface area contributed by atoms with Crippen LogP contribution < -0.4 is 10.6 Å². The maximum atomic E-state index is 12.0. The Labute approximate surface area is 108 Å². The molecule has 1 aromatic rings. The number of carbonyl (C=O) groups excluding carboxylic acids is 1. The lowest BCUT2D eigenvalue weighted by Crippen LogP contribution is -2.32. The zero-order valence-corrected chi connectivity index (χ0v) is 10.8. The molecular formula is C12H12BrN3O. The zero-order valence-electron chi connectivity index (χ0n) is 9.19. The lowest BCUT2D eigenvalue weighted by Gasteiger charge is -2.16. The van der Waals surface area contributed by atoms with E-state index in [1.165, 1.54) is 0 Å². The number of amides is 1. The molecule has 5 heteroatoms. The molecule has 0 spiro atoms. The Morgan fingerprint density at radius 2 is 2.29 bits per heavy atom. The lowest BCUT2D eigenvalue weighted by atomic mass is 10.1. The molecule has 1 aliphatic rings. The van der Waals surface area contributed by atoms with E-state index < -0.39 is 6.04 Å². The summed E-state index contributed by atoms with van der Waals surface area (Å²) in [6.45, 7) is 0.545. The number of nitriles is 1. The van der Waals surface area contributed by atoms with Crippen LogP contribution in [-0.4, -0.2) is 12.5 Å². The summed E-state index contributed by atoms with van der Waals surface area (Å²) in [5.74, 6) is -0.0927. The highest BCUT2D eigenvalue weighted by molar-refractivity contribution is 9.10. The number of nitrogens with two attached hydrogens (primary N) is 1. The molecule has 2 rings (SSSR count). The summed E-state index contributed by atoms with van der Waals surface area (Å²) in [5.41, 5.74) is 7.60. The van der Waals surface area contributed by atoms with Crippen LogP contribution in [0.1, 0.15) is 24.4 Å². The third kappa shape index (κ3) is 2.06. The molecule has 1 aliphatic heterocycles. The second-order valence-electron chi connectivity index (χ2n) is 3.90. The minimum Gasteiger partial charge on any atom is -0.316 e. The highest BCUT2D eigenvalue weighted by Gasteiger charge is 2.35. The number of carbonyl (C=O) groups is 1. The summed E-state index contributed by atoms with van der Waals surface area (Å²) in [6.07, 6.45) is 1.11. The first-order valence-corrected chi connectivity index (χ1v) is 6.18. The van der Waals surface area contributed by atoms with Gasteiger partial charge in [-0.25, -0.2) is 0 Å². The largest absolute Gasteiger partial charge is 0.316 e. The summed E-state index contributed by atoms with van der Waals surface area (Å²) < 4.78 is 0.860. The van der Waals surface area contributed by atoms with Crippen LogP contribution in [0.2, 0.25) is 0 Å². The molecule has 1 aromatic carbocycles. The van der Waals surface area contributed by atoms with Crippen molar-refractivity contribution in [2.24, 2.45) is 5.73 Å². The first-order valence-electron chi connectivity index (χ1n) is 5.39. The Hall–Kier alpha value is -1.38. The van der Waals surface area contributed by atoms with Gasteiger partial charge in [0.05, 0.1) is 11.8 Å². The molecule has 0 bridgehead atoms. The quantitative estimate of drug-likeness (QED) is 0.868. The fourth-order valence-electron chi connectivity index (χ4n) is 2.03. The van der Waals surface area contributed by atoms with Crippen LogP contribution in [-0.2, 0) is 4.79 Å². The molecule has 0 radical (unpaired) electrons. The number of hydrogen-bond donors (Lipinski definition) is 1. The summed E-state index contributed by atoms with van der Waals surface area (Å²) in [7, 11) is 0. The van der Waals surface area contributed by atoms with Crippen molar-refractivity contribution < 1.29 is 4.79 Å². The van der Waals surface area contributed by atoms with Crippen molar-refractivity contribution in [2.75, 3.05) is 11.4 Å². The molecule has 88 valence electrons. The van der Waals surface area contributed by atoms with E-state index in [0.29, 0.717) is 19.4 Å². The monoisotopic (exact) mass is 293 g/mol. The molecule has 1 amide bonds. The van der Waals surface area contributed by atoms with E-state index in [1.54, 1.807) is 4.90 Å². The Kier molecular flexibility index (Phi) is 3.46. The highest BCUT2D eigenvalue weighted by atomic mass is 79.9.